The topological polar surface area (TPSA) is 53.0 Å². The number of isocyanates is 1. The van der Waals surface area contributed by atoms with Crippen LogP contribution in [0.4, 0.5) is 11.4 Å². The van der Waals surface area contributed by atoms with Crippen LogP contribution in [0.1, 0.15) is 20.3 Å². The van der Waals surface area contributed by atoms with E-state index in [1.807, 2.05) is 24.8 Å². The third-order valence-corrected chi connectivity index (χ3v) is 3.89. The Kier molecular flexibility index (Phi) is 5.58. The Morgan fingerprint density at radius 2 is 2.00 bits per heavy atom. The Hall–Kier alpha value is -1.84. The SMILES string of the molecule is CC(C)CC(=O)N1CCN(c2ccc(Cl)cc2N=C=O)CC1. The minimum atomic E-state index is 0.205. The van der Waals surface area contributed by atoms with E-state index in [0.29, 0.717) is 49.2 Å². The molecule has 1 saturated heterocycles. The molecule has 1 amide bonds. The molecule has 0 N–H and O–H groups in total. The molecular weight excluding hydrogens is 302 g/mol. The first kappa shape index (κ1) is 16.5. The van der Waals surface area contributed by atoms with Crippen LogP contribution in [-0.4, -0.2) is 43.1 Å². The van der Waals surface area contributed by atoms with Crippen molar-refractivity contribution in [1.82, 2.24) is 4.90 Å². The lowest BCUT2D eigenvalue weighted by atomic mass is 10.1. The fourth-order valence-corrected chi connectivity index (χ4v) is 2.74. The standard InChI is InChI=1S/C16H20ClN3O2/c1-12(2)9-16(22)20-7-5-19(6-8-20)15-4-3-13(17)10-14(15)18-11-21/h3-4,10,12H,5-9H2,1-2H3. The van der Waals surface area contributed by atoms with Crippen molar-refractivity contribution in [2.24, 2.45) is 10.9 Å². The number of carbonyl (C=O) groups is 1. The quantitative estimate of drug-likeness (QED) is 0.633. The normalized spacial score (nSPS) is 14.9. The summed E-state index contributed by atoms with van der Waals surface area (Å²) in [4.78, 5) is 30.4. The van der Waals surface area contributed by atoms with Gasteiger partial charge in [-0.1, -0.05) is 25.4 Å². The maximum atomic E-state index is 12.1. The molecule has 0 atom stereocenters. The number of hydrogen-bond acceptors (Lipinski definition) is 4. The van der Waals surface area contributed by atoms with Crippen LogP contribution >= 0.6 is 11.6 Å². The highest BCUT2D eigenvalue weighted by molar-refractivity contribution is 6.31. The second kappa shape index (κ2) is 7.43. The number of carbonyl (C=O) groups excluding carboxylic acids is 2. The number of halogens is 1. The average molecular weight is 322 g/mol. The van der Waals surface area contributed by atoms with Crippen molar-refractivity contribution in [1.29, 1.82) is 0 Å². The zero-order valence-electron chi connectivity index (χ0n) is 12.9. The van der Waals surface area contributed by atoms with Crippen molar-refractivity contribution in [3.05, 3.63) is 23.2 Å². The van der Waals surface area contributed by atoms with Crippen LogP contribution in [0.15, 0.2) is 23.2 Å². The first-order chi connectivity index (χ1) is 10.5. The highest BCUT2D eigenvalue weighted by atomic mass is 35.5. The molecule has 1 fully saturated rings. The fraction of sp³-hybridized carbons (Fsp3) is 0.500. The molecule has 0 saturated carbocycles. The highest BCUT2D eigenvalue weighted by Gasteiger charge is 2.23. The third kappa shape index (κ3) is 4.09. The summed E-state index contributed by atoms with van der Waals surface area (Å²) in [5.74, 6) is 0.576. The predicted molar refractivity (Wildman–Crippen MR) is 87.5 cm³/mol. The molecule has 6 heteroatoms. The summed E-state index contributed by atoms with van der Waals surface area (Å²) in [6.07, 6.45) is 2.15. The van der Waals surface area contributed by atoms with E-state index in [9.17, 15) is 9.59 Å². The van der Waals surface area contributed by atoms with Crippen LogP contribution in [0.3, 0.4) is 0 Å². The summed E-state index contributed by atoms with van der Waals surface area (Å²) in [5, 5.41) is 0.531. The van der Waals surface area contributed by atoms with Gasteiger partial charge in [0.1, 0.15) is 5.69 Å². The summed E-state index contributed by atoms with van der Waals surface area (Å²) >= 11 is 5.94. The van der Waals surface area contributed by atoms with E-state index >= 15 is 0 Å². The number of amides is 1. The summed E-state index contributed by atoms with van der Waals surface area (Å²) in [6, 6.07) is 5.28. The zero-order chi connectivity index (χ0) is 16.1. The molecule has 1 heterocycles. The van der Waals surface area contributed by atoms with E-state index in [0.717, 1.165) is 5.69 Å². The van der Waals surface area contributed by atoms with Crippen molar-refractivity contribution < 1.29 is 9.59 Å². The Labute approximate surface area is 135 Å². The largest absolute Gasteiger partial charge is 0.366 e. The summed E-state index contributed by atoms with van der Waals surface area (Å²) in [6.45, 7) is 6.88. The first-order valence-electron chi connectivity index (χ1n) is 7.41. The molecule has 5 nitrogen and oxygen atoms in total. The van der Waals surface area contributed by atoms with Crippen LogP contribution in [0, 0.1) is 5.92 Å². The zero-order valence-corrected chi connectivity index (χ0v) is 13.6. The van der Waals surface area contributed by atoms with Gasteiger partial charge in [-0.25, -0.2) is 4.79 Å². The number of hydrogen-bond donors (Lipinski definition) is 0. The van der Waals surface area contributed by atoms with Gasteiger partial charge in [0.05, 0.1) is 5.69 Å². The molecular formula is C16H20ClN3O2. The lowest BCUT2D eigenvalue weighted by molar-refractivity contribution is -0.132. The van der Waals surface area contributed by atoms with Crippen LogP contribution in [0.25, 0.3) is 0 Å². The number of anilines is 1. The van der Waals surface area contributed by atoms with Gasteiger partial charge in [-0.15, -0.1) is 0 Å². The molecule has 1 aromatic carbocycles. The van der Waals surface area contributed by atoms with E-state index < -0.39 is 0 Å². The van der Waals surface area contributed by atoms with Crippen molar-refractivity contribution in [3.8, 4) is 0 Å². The van der Waals surface area contributed by atoms with Gasteiger partial charge in [0.25, 0.3) is 0 Å². The molecule has 2 rings (SSSR count). The van der Waals surface area contributed by atoms with Crippen LogP contribution in [0.2, 0.25) is 5.02 Å². The van der Waals surface area contributed by atoms with Crippen LogP contribution in [-0.2, 0) is 9.59 Å². The monoisotopic (exact) mass is 321 g/mol. The molecule has 0 bridgehead atoms. The Balaban J connectivity index is 2.06. The summed E-state index contributed by atoms with van der Waals surface area (Å²) in [7, 11) is 0. The number of rotatable bonds is 4. The summed E-state index contributed by atoms with van der Waals surface area (Å²) in [5.41, 5.74) is 1.37. The molecule has 22 heavy (non-hydrogen) atoms. The molecule has 0 spiro atoms. The fourth-order valence-electron chi connectivity index (χ4n) is 2.58. The minimum absolute atomic E-state index is 0.205. The smallest absolute Gasteiger partial charge is 0.240 e. The van der Waals surface area contributed by atoms with Gasteiger partial charge in [-0.2, -0.15) is 4.99 Å². The van der Waals surface area contributed by atoms with Crippen molar-refractivity contribution in [2.45, 2.75) is 20.3 Å². The van der Waals surface area contributed by atoms with E-state index in [1.165, 1.54) is 0 Å². The highest BCUT2D eigenvalue weighted by Crippen LogP contribution is 2.32. The Morgan fingerprint density at radius 3 is 2.59 bits per heavy atom. The molecule has 1 aromatic rings. The molecule has 0 aromatic heterocycles. The third-order valence-electron chi connectivity index (χ3n) is 3.66. The van der Waals surface area contributed by atoms with E-state index in [4.69, 9.17) is 11.6 Å². The van der Waals surface area contributed by atoms with Gasteiger partial charge in [0.15, 0.2) is 0 Å². The molecule has 0 radical (unpaired) electrons. The minimum Gasteiger partial charge on any atom is -0.366 e. The van der Waals surface area contributed by atoms with Gasteiger partial charge in [-0.3, -0.25) is 4.79 Å². The predicted octanol–water partition coefficient (Wildman–Crippen LogP) is 3.00. The second-order valence-electron chi connectivity index (χ2n) is 5.80. The van der Waals surface area contributed by atoms with Crippen molar-refractivity contribution in [2.75, 3.05) is 31.1 Å². The number of nitrogens with zero attached hydrogens (tertiary/aromatic N) is 3. The number of aliphatic imine (C=N–C) groups is 1. The van der Waals surface area contributed by atoms with Gasteiger partial charge in [0, 0.05) is 37.6 Å². The van der Waals surface area contributed by atoms with E-state index in [-0.39, 0.29) is 5.91 Å². The number of benzene rings is 1. The molecule has 1 aliphatic rings. The van der Waals surface area contributed by atoms with Crippen LogP contribution in [0.5, 0.6) is 0 Å². The summed E-state index contributed by atoms with van der Waals surface area (Å²) < 4.78 is 0. The van der Waals surface area contributed by atoms with Crippen molar-refractivity contribution >= 4 is 35.0 Å². The molecule has 0 unspecified atom stereocenters. The lowest BCUT2D eigenvalue weighted by Gasteiger charge is -2.36. The number of piperazine rings is 1. The van der Waals surface area contributed by atoms with Gasteiger partial charge in [-0.05, 0) is 24.1 Å². The van der Waals surface area contributed by atoms with Gasteiger partial charge >= 0.3 is 0 Å². The second-order valence-corrected chi connectivity index (χ2v) is 6.24. The average Bonchev–Trinajstić information content (AvgIpc) is 2.47. The van der Waals surface area contributed by atoms with Crippen LogP contribution < -0.4 is 4.90 Å². The van der Waals surface area contributed by atoms with E-state index in [1.54, 1.807) is 18.2 Å². The molecule has 118 valence electrons. The van der Waals surface area contributed by atoms with E-state index in [2.05, 4.69) is 9.89 Å². The first-order valence-corrected chi connectivity index (χ1v) is 7.79. The van der Waals surface area contributed by atoms with Gasteiger partial charge < -0.3 is 9.80 Å². The molecule has 1 aliphatic heterocycles. The Morgan fingerprint density at radius 1 is 1.32 bits per heavy atom. The maximum absolute atomic E-state index is 12.1. The Bertz CT molecular complexity index is 589. The maximum Gasteiger partial charge on any atom is 0.240 e. The molecule has 0 aliphatic carbocycles. The van der Waals surface area contributed by atoms with Crippen molar-refractivity contribution in [3.63, 3.8) is 0 Å². The lowest BCUT2D eigenvalue weighted by Crippen LogP contribution is -2.49. The van der Waals surface area contributed by atoms with Gasteiger partial charge in [0.2, 0.25) is 12.0 Å².